The molecular formula is C19H30ClN3O3. The number of hydrogen-bond donors (Lipinski definition) is 2. The van der Waals surface area contributed by atoms with Crippen LogP contribution in [-0.2, 0) is 16.1 Å². The predicted molar refractivity (Wildman–Crippen MR) is 104 cm³/mol. The summed E-state index contributed by atoms with van der Waals surface area (Å²) in [6, 6.07) is 7.62. The molecule has 146 valence electrons. The first-order chi connectivity index (χ1) is 12.0. The zero-order chi connectivity index (χ0) is 18.4. The number of nitrogens with two attached hydrogens (primary N) is 1. The Bertz CT molecular complexity index is 594. The number of benzene rings is 1. The lowest BCUT2D eigenvalue weighted by atomic mass is 9.91. The number of carbonyl (C=O) groups is 2. The molecule has 2 amide bonds. The van der Waals surface area contributed by atoms with Crippen LogP contribution in [0.4, 0.5) is 0 Å². The molecule has 26 heavy (non-hydrogen) atoms. The monoisotopic (exact) mass is 383 g/mol. The molecule has 1 atom stereocenters. The Labute approximate surface area is 161 Å². The highest BCUT2D eigenvalue weighted by atomic mass is 35.5. The first-order valence-corrected chi connectivity index (χ1v) is 8.89. The molecule has 7 heteroatoms. The summed E-state index contributed by atoms with van der Waals surface area (Å²) in [5, 5.41) is 3.08. The number of rotatable bonds is 8. The Kier molecular flexibility index (Phi) is 8.37. The molecule has 1 aromatic carbocycles. The smallest absolute Gasteiger partial charge is 0.225 e. The van der Waals surface area contributed by atoms with Crippen molar-refractivity contribution in [2.75, 3.05) is 20.2 Å². The van der Waals surface area contributed by atoms with E-state index in [1.165, 1.54) is 0 Å². The van der Waals surface area contributed by atoms with Crippen molar-refractivity contribution in [2.24, 2.45) is 11.7 Å². The highest BCUT2D eigenvalue weighted by Gasteiger charge is 2.37. The maximum atomic E-state index is 12.6. The molecule has 1 unspecified atom stereocenters. The van der Waals surface area contributed by atoms with Gasteiger partial charge in [0.2, 0.25) is 11.8 Å². The van der Waals surface area contributed by atoms with Crippen molar-refractivity contribution < 1.29 is 14.3 Å². The largest absolute Gasteiger partial charge is 0.497 e. The number of halogens is 1. The number of ether oxygens (including phenoxy) is 1. The van der Waals surface area contributed by atoms with E-state index in [0.29, 0.717) is 19.6 Å². The Morgan fingerprint density at radius 3 is 2.42 bits per heavy atom. The molecule has 0 spiro atoms. The van der Waals surface area contributed by atoms with E-state index in [1.807, 2.05) is 38.1 Å². The second kappa shape index (κ2) is 9.78. The van der Waals surface area contributed by atoms with Crippen molar-refractivity contribution in [2.45, 2.75) is 45.2 Å². The molecule has 1 aromatic rings. The van der Waals surface area contributed by atoms with Gasteiger partial charge in [-0.05, 0) is 30.5 Å². The van der Waals surface area contributed by atoms with Gasteiger partial charge in [-0.25, -0.2) is 0 Å². The molecule has 0 bridgehead atoms. The molecule has 1 saturated heterocycles. The van der Waals surface area contributed by atoms with Crippen LogP contribution in [0.1, 0.15) is 38.7 Å². The van der Waals surface area contributed by atoms with Crippen molar-refractivity contribution in [3.8, 4) is 5.75 Å². The summed E-state index contributed by atoms with van der Waals surface area (Å²) in [6.07, 6.45) is 1.82. The summed E-state index contributed by atoms with van der Waals surface area (Å²) in [7, 11) is 1.62. The number of likely N-dealkylation sites (tertiary alicyclic amines) is 1. The van der Waals surface area contributed by atoms with E-state index in [0.717, 1.165) is 24.2 Å². The third-order valence-corrected chi connectivity index (χ3v) is 5.25. The molecule has 1 aliphatic heterocycles. The van der Waals surface area contributed by atoms with Gasteiger partial charge in [0.25, 0.3) is 0 Å². The average Bonchev–Trinajstić information content (AvgIpc) is 3.01. The van der Waals surface area contributed by atoms with E-state index in [4.69, 9.17) is 10.5 Å². The van der Waals surface area contributed by atoms with E-state index in [9.17, 15) is 9.59 Å². The normalized spacial score (nSPS) is 17.0. The van der Waals surface area contributed by atoms with E-state index < -0.39 is 0 Å². The second-order valence-electron chi connectivity index (χ2n) is 6.70. The number of nitrogens with one attached hydrogen (secondary N) is 1. The molecule has 0 radical (unpaired) electrons. The van der Waals surface area contributed by atoms with Crippen LogP contribution in [0, 0.1) is 5.92 Å². The highest BCUT2D eigenvalue weighted by Crippen LogP contribution is 2.23. The molecule has 1 aliphatic rings. The van der Waals surface area contributed by atoms with Crippen LogP contribution in [0.5, 0.6) is 5.75 Å². The van der Waals surface area contributed by atoms with Crippen LogP contribution in [0.25, 0.3) is 0 Å². The number of nitrogens with zero attached hydrogens (tertiary/aromatic N) is 1. The van der Waals surface area contributed by atoms with E-state index >= 15 is 0 Å². The van der Waals surface area contributed by atoms with E-state index in [-0.39, 0.29) is 42.1 Å². The van der Waals surface area contributed by atoms with Gasteiger partial charge in [-0.2, -0.15) is 0 Å². The summed E-state index contributed by atoms with van der Waals surface area (Å²) in [5.74, 6) is 0.419. The standard InChI is InChI=1S/C19H29N3O3.ClH/c1-4-19(5-2,13-20)21-18(24)15-10-17(23)22(12-15)11-14-6-8-16(25-3)9-7-14;/h6-9,15H,4-5,10-13,20H2,1-3H3,(H,21,24);1H. The second-order valence-corrected chi connectivity index (χ2v) is 6.70. The molecule has 3 N–H and O–H groups in total. The van der Waals surface area contributed by atoms with Gasteiger partial charge in [-0.15, -0.1) is 12.4 Å². The van der Waals surface area contributed by atoms with Crippen molar-refractivity contribution in [3.05, 3.63) is 29.8 Å². The van der Waals surface area contributed by atoms with Gasteiger partial charge in [0.05, 0.1) is 18.6 Å². The fourth-order valence-electron chi connectivity index (χ4n) is 3.18. The molecule has 6 nitrogen and oxygen atoms in total. The van der Waals surface area contributed by atoms with Gasteiger partial charge >= 0.3 is 0 Å². The molecule has 0 aliphatic carbocycles. The fourth-order valence-corrected chi connectivity index (χ4v) is 3.18. The predicted octanol–water partition coefficient (Wildman–Crippen LogP) is 2.10. The number of carbonyl (C=O) groups excluding carboxylic acids is 2. The minimum Gasteiger partial charge on any atom is -0.497 e. The lowest BCUT2D eigenvalue weighted by Crippen LogP contribution is -2.54. The van der Waals surface area contributed by atoms with Crippen molar-refractivity contribution in [3.63, 3.8) is 0 Å². The SMILES string of the molecule is CCC(CC)(CN)NC(=O)C1CC(=O)N(Cc2ccc(OC)cc2)C1.Cl. The fraction of sp³-hybridized carbons (Fsp3) is 0.579. The first-order valence-electron chi connectivity index (χ1n) is 8.89. The van der Waals surface area contributed by atoms with Gasteiger partial charge < -0.3 is 20.7 Å². The highest BCUT2D eigenvalue weighted by molar-refractivity contribution is 5.89. The Hall–Kier alpha value is -1.79. The topological polar surface area (TPSA) is 84.7 Å². The number of methoxy groups -OCH3 is 1. The summed E-state index contributed by atoms with van der Waals surface area (Å²) in [5.41, 5.74) is 6.50. The van der Waals surface area contributed by atoms with Crippen LogP contribution in [0.2, 0.25) is 0 Å². The Morgan fingerprint density at radius 2 is 1.92 bits per heavy atom. The Balaban J connectivity index is 0.00000338. The van der Waals surface area contributed by atoms with Gasteiger partial charge in [-0.1, -0.05) is 26.0 Å². The third kappa shape index (κ3) is 5.11. The molecule has 2 rings (SSSR count). The third-order valence-electron chi connectivity index (χ3n) is 5.25. The molecular weight excluding hydrogens is 354 g/mol. The van der Waals surface area contributed by atoms with E-state index in [1.54, 1.807) is 12.0 Å². The summed E-state index contributed by atoms with van der Waals surface area (Å²) in [4.78, 5) is 26.6. The summed E-state index contributed by atoms with van der Waals surface area (Å²) in [6.45, 7) is 5.40. The van der Waals surface area contributed by atoms with Crippen molar-refractivity contribution >= 4 is 24.2 Å². The molecule has 0 saturated carbocycles. The van der Waals surface area contributed by atoms with Crippen LogP contribution >= 0.6 is 12.4 Å². The maximum Gasteiger partial charge on any atom is 0.225 e. The molecule has 1 heterocycles. The number of amides is 2. The van der Waals surface area contributed by atoms with Crippen LogP contribution in [0.15, 0.2) is 24.3 Å². The zero-order valence-corrected chi connectivity index (χ0v) is 16.6. The lowest BCUT2D eigenvalue weighted by molar-refractivity contribution is -0.129. The minimum absolute atomic E-state index is 0. The van der Waals surface area contributed by atoms with Crippen LogP contribution in [-0.4, -0.2) is 42.5 Å². The van der Waals surface area contributed by atoms with Gasteiger partial charge in [0, 0.05) is 26.1 Å². The lowest BCUT2D eigenvalue weighted by Gasteiger charge is -2.32. The van der Waals surface area contributed by atoms with Crippen molar-refractivity contribution in [1.29, 1.82) is 0 Å². The van der Waals surface area contributed by atoms with Crippen LogP contribution < -0.4 is 15.8 Å². The van der Waals surface area contributed by atoms with Gasteiger partial charge in [-0.3, -0.25) is 9.59 Å². The number of hydrogen-bond acceptors (Lipinski definition) is 4. The van der Waals surface area contributed by atoms with Gasteiger partial charge in [0.15, 0.2) is 0 Å². The quantitative estimate of drug-likeness (QED) is 0.719. The van der Waals surface area contributed by atoms with Gasteiger partial charge in [0.1, 0.15) is 5.75 Å². The zero-order valence-electron chi connectivity index (χ0n) is 15.8. The minimum atomic E-state index is -0.371. The van der Waals surface area contributed by atoms with E-state index in [2.05, 4.69) is 5.32 Å². The first kappa shape index (κ1) is 22.3. The molecule has 1 fully saturated rings. The van der Waals surface area contributed by atoms with Crippen LogP contribution in [0.3, 0.4) is 0 Å². The summed E-state index contributed by atoms with van der Waals surface area (Å²) >= 11 is 0. The summed E-state index contributed by atoms with van der Waals surface area (Å²) < 4.78 is 5.14. The molecule has 0 aromatic heterocycles. The average molecular weight is 384 g/mol. The van der Waals surface area contributed by atoms with Crippen molar-refractivity contribution in [1.82, 2.24) is 10.2 Å². The maximum absolute atomic E-state index is 12.6. The Morgan fingerprint density at radius 1 is 1.31 bits per heavy atom.